The van der Waals surface area contributed by atoms with Gasteiger partial charge in [-0.3, -0.25) is 4.79 Å². The zero-order valence-corrected chi connectivity index (χ0v) is 19.6. The Morgan fingerprint density at radius 1 is 1.06 bits per heavy atom. The Balaban J connectivity index is 1.42. The van der Waals surface area contributed by atoms with Crippen LogP contribution >= 0.6 is 0 Å². The van der Waals surface area contributed by atoms with Crippen molar-refractivity contribution in [1.29, 1.82) is 0 Å². The van der Waals surface area contributed by atoms with E-state index in [1.165, 1.54) is 13.8 Å². The summed E-state index contributed by atoms with van der Waals surface area (Å²) in [4.78, 5) is 24.7. The number of hydrogen-bond donors (Lipinski definition) is 1. The molecule has 1 heterocycles. The third-order valence-corrected chi connectivity index (χ3v) is 6.80. The van der Waals surface area contributed by atoms with Crippen molar-refractivity contribution in [3.8, 4) is 5.75 Å². The molecule has 4 rings (SSSR count). The van der Waals surface area contributed by atoms with Crippen molar-refractivity contribution in [2.75, 3.05) is 5.01 Å². The van der Waals surface area contributed by atoms with Crippen LogP contribution < -0.4 is 9.75 Å². The fourth-order valence-electron chi connectivity index (χ4n) is 4.74. The number of anilines is 1. The molecule has 33 heavy (non-hydrogen) atoms. The molecule has 0 unspecified atom stereocenters. The molecule has 2 aliphatic rings. The fourth-order valence-corrected chi connectivity index (χ4v) is 4.74. The molecule has 2 aromatic carbocycles. The molecule has 6 heteroatoms. The smallest absolute Gasteiger partial charge is 0.347 e. The summed E-state index contributed by atoms with van der Waals surface area (Å²) in [6, 6.07) is 15.5. The van der Waals surface area contributed by atoms with Crippen LogP contribution in [0.1, 0.15) is 63.5 Å². The number of ether oxygens (including phenoxy) is 1. The van der Waals surface area contributed by atoms with Gasteiger partial charge in [-0.2, -0.15) is 10.1 Å². The predicted octanol–water partition coefficient (Wildman–Crippen LogP) is 5.52. The van der Waals surface area contributed by atoms with Crippen LogP contribution in [0.2, 0.25) is 0 Å². The molecular formula is C27H32N2O4. The molecule has 2 aromatic rings. The van der Waals surface area contributed by atoms with Crippen LogP contribution in [0.25, 0.3) is 0 Å². The molecular weight excluding hydrogens is 416 g/mol. The standard InChI is InChI=1S/C27H32N2O4/c1-19-9-13-21(14-10-19)29-24(30)27(17-4-5-18-27)23(28-29)8-6-7-20-11-15-22(16-12-20)33-26(2,3)25(31)32/h9-16H,4-8,17-18H2,1-3H3,(H,31,32). The summed E-state index contributed by atoms with van der Waals surface area (Å²) in [5.41, 5.74) is 2.48. The Kier molecular flexibility index (Phi) is 6.28. The molecule has 1 amide bonds. The minimum absolute atomic E-state index is 0.126. The second-order valence-electron chi connectivity index (χ2n) is 9.70. The topological polar surface area (TPSA) is 79.2 Å². The van der Waals surface area contributed by atoms with Gasteiger partial charge in [0.2, 0.25) is 0 Å². The van der Waals surface area contributed by atoms with E-state index in [1.54, 1.807) is 5.01 Å². The lowest BCUT2D eigenvalue weighted by Gasteiger charge is -2.24. The SMILES string of the molecule is Cc1ccc(N2N=C(CCCc3ccc(OC(C)(C)C(=O)O)cc3)C3(CCCC3)C2=O)cc1. The molecule has 0 radical (unpaired) electrons. The lowest BCUT2D eigenvalue weighted by molar-refractivity contribution is -0.152. The second-order valence-corrected chi connectivity index (χ2v) is 9.70. The summed E-state index contributed by atoms with van der Waals surface area (Å²) in [6.45, 7) is 5.10. The highest BCUT2D eigenvalue weighted by molar-refractivity contribution is 6.19. The highest BCUT2D eigenvalue weighted by Gasteiger charge is 2.52. The molecule has 1 N–H and O–H groups in total. The maximum atomic E-state index is 13.4. The Morgan fingerprint density at radius 2 is 1.70 bits per heavy atom. The van der Waals surface area contributed by atoms with Gasteiger partial charge >= 0.3 is 5.97 Å². The Morgan fingerprint density at radius 3 is 2.30 bits per heavy atom. The van der Waals surface area contributed by atoms with Gasteiger partial charge in [0.15, 0.2) is 5.60 Å². The summed E-state index contributed by atoms with van der Waals surface area (Å²) in [5, 5.41) is 15.7. The maximum absolute atomic E-state index is 13.4. The van der Waals surface area contributed by atoms with E-state index in [1.807, 2.05) is 55.5 Å². The van der Waals surface area contributed by atoms with Crippen molar-refractivity contribution in [2.45, 2.75) is 71.3 Å². The molecule has 174 valence electrons. The zero-order chi connectivity index (χ0) is 23.6. The number of nitrogens with zero attached hydrogens (tertiary/aromatic N) is 2. The third kappa shape index (κ3) is 4.65. The van der Waals surface area contributed by atoms with E-state index in [4.69, 9.17) is 9.84 Å². The Bertz CT molecular complexity index is 1050. The first-order valence-electron chi connectivity index (χ1n) is 11.7. The Labute approximate surface area is 195 Å². The van der Waals surface area contributed by atoms with Gasteiger partial charge < -0.3 is 9.84 Å². The van der Waals surface area contributed by atoms with Crippen molar-refractivity contribution in [2.24, 2.45) is 10.5 Å². The number of carbonyl (C=O) groups excluding carboxylic acids is 1. The van der Waals surface area contributed by atoms with Crippen LogP contribution in [0.5, 0.6) is 5.75 Å². The van der Waals surface area contributed by atoms with E-state index in [0.717, 1.165) is 67.5 Å². The van der Waals surface area contributed by atoms with Crippen LogP contribution in [-0.4, -0.2) is 28.3 Å². The average Bonchev–Trinajstić information content (AvgIpc) is 3.37. The molecule has 1 aliphatic carbocycles. The van der Waals surface area contributed by atoms with Crippen molar-refractivity contribution in [3.63, 3.8) is 0 Å². The number of hydrazone groups is 1. The highest BCUT2D eigenvalue weighted by atomic mass is 16.5. The summed E-state index contributed by atoms with van der Waals surface area (Å²) >= 11 is 0. The number of amides is 1. The quantitative estimate of drug-likeness (QED) is 0.576. The van der Waals surface area contributed by atoms with Gasteiger partial charge in [0.05, 0.1) is 16.8 Å². The Hall–Kier alpha value is -3.15. The lowest BCUT2D eigenvalue weighted by Crippen LogP contribution is -2.37. The van der Waals surface area contributed by atoms with Crippen molar-refractivity contribution >= 4 is 23.3 Å². The minimum Gasteiger partial charge on any atom is -0.478 e. The van der Waals surface area contributed by atoms with Crippen molar-refractivity contribution < 1.29 is 19.4 Å². The third-order valence-electron chi connectivity index (χ3n) is 6.80. The van der Waals surface area contributed by atoms with Gasteiger partial charge in [-0.25, -0.2) is 4.79 Å². The van der Waals surface area contributed by atoms with Crippen molar-refractivity contribution in [1.82, 2.24) is 0 Å². The van der Waals surface area contributed by atoms with Crippen LogP contribution in [-0.2, 0) is 16.0 Å². The largest absolute Gasteiger partial charge is 0.478 e. The van der Waals surface area contributed by atoms with Gasteiger partial charge in [0.1, 0.15) is 5.75 Å². The number of aryl methyl sites for hydroxylation is 2. The van der Waals surface area contributed by atoms with E-state index in [9.17, 15) is 14.7 Å². The molecule has 0 bridgehead atoms. The number of hydrogen-bond acceptors (Lipinski definition) is 4. The van der Waals surface area contributed by atoms with E-state index in [-0.39, 0.29) is 5.91 Å². The molecule has 1 fully saturated rings. The zero-order valence-electron chi connectivity index (χ0n) is 19.6. The average molecular weight is 449 g/mol. The summed E-state index contributed by atoms with van der Waals surface area (Å²) in [5.74, 6) is -0.337. The molecule has 6 nitrogen and oxygen atoms in total. The number of carboxylic acids is 1. The molecule has 1 saturated carbocycles. The number of aliphatic carboxylic acids is 1. The number of benzene rings is 2. The first-order valence-corrected chi connectivity index (χ1v) is 11.7. The van der Waals surface area contributed by atoms with Crippen LogP contribution in [0.4, 0.5) is 5.69 Å². The number of carbonyl (C=O) groups is 2. The summed E-state index contributed by atoms with van der Waals surface area (Å²) in [7, 11) is 0. The lowest BCUT2D eigenvalue weighted by atomic mass is 9.78. The summed E-state index contributed by atoms with van der Waals surface area (Å²) in [6.07, 6.45) is 6.46. The van der Waals surface area contributed by atoms with E-state index in [2.05, 4.69) is 0 Å². The van der Waals surface area contributed by atoms with E-state index >= 15 is 0 Å². The van der Waals surface area contributed by atoms with Gasteiger partial charge in [0, 0.05) is 0 Å². The van der Waals surface area contributed by atoms with E-state index in [0.29, 0.717) is 5.75 Å². The normalized spacial score (nSPS) is 17.5. The molecule has 1 aliphatic heterocycles. The number of carboxylic acid groups (broad SMARTS) is 1. The number of rotatable bonds is 8. The first-order chi connectivity index (χ1) is 15.7. The maximum Gasteiger partial charge on any atom is 0.347 e. The molecule has 0 aromatic heterocycles. The van der Waals surface area contributed by atoms with Crippen LogP contribution in [0.15, 0.2) is 53.6 Å². The monoisotopic (exact) mass is 448 g/mol. The minimum atomic E-state index is -1.27. The molecule has 1 spiro atoms. The van der Waals surface area contributed by atoms with Gasteiger partial charge in [0.25, 0.3) is 5.91 Å². The van der Waals surface area contributed by atoms with Crippen LogP contribution in [0, 0.1) is 12.3 Å². The highest BCUT2D eigenvalue weighted by Crippen LogP contribution is 2.46. The summed E-state index contributed by atoms with van der Waals surface area (Å²) < 4.78 is 5.58. The second kappa shape index (κ2) is 9.00. The predicted molar refractivity (Wildman–Crippen MR) is 129 cm³/mol. The van der Waals surface area contributed by atoms with Gasteiger partial charge in [-0.15, -0.1) is 0 Å². The van der Waals surface area contributed by atoms with Gasteiger partial charge in [-0.1, -0.05) is 42.7 Å². The first kappa shape index (κ1) is 23.0. The van der Waals surface area contributed by atoms with Gasteiger partial charge in [-0.05, 0) is 82.7 Å². The van der Waals surface area contributed by atoms with Crippen molar-refractivity contribution in [3.05, 3.63) is 59.7 Å². The fraction of sp³-hybridized carbons (Fsp3) is 0.444. The molecule has 0 saturated heterocycles. The molecule has 0 atom stereocenters. The van der Waals surface area contributed by atoms with E-state index < -0.39 is 17.0 Å². The van der Waals surface area contributed by atoms with Crippen LogP contribution in [0.3, 0.4) is 0 Å².